The Kier molecular flexibility index (Phi) is 6.06. The summed E-state index contributed by atoms with van der Waals surface area (Å²) < 4.78 is 32.0. The third kappa shape index (κ3) is 4.39. The van der Waals surface area contributed by atoms with Gasteiger partial charge in [-0.1, -0.05) is 12.1 Å². The first kappa shape index (κ1) is 25.4. The van der Waals surface area contributed by atoms with E-state index in [1.54, 1.807) is 11.2 Å². The lowest BCUT2D eigenvalue weighted by atomic mass is 9.82. The van der Waals surface area contributed by atoms with Crippen LogP contribution in [0.5, 0.6) is 5.75 Å². The van der Waals surface area contributed by atoms with Gasteiger partial charge in [0, 0.05) is 61.3 Å². The number of hydrogen-bond acceptors (Lipinski definition) is 8. The number of carbonyl (C=O) groups is 1. The number of nitrogens with zero attached hydrogens (tertiary/aromatic N) is 5. The summed E-state index contributed by atoms with van der Waals surface area (Å²) in [5.41, 5.74) is 4.84. The summed E-state index contributed by atoms with van der Waals surface area (Å²) in [6.07, 6.45) is 3.58. The van der Waals surface area contributed by atoms with Crippen molar-refractivity contribution in [2.75, 3.05) is 62.1 Å². The molecule has 1 unspecified atom stereocenters. The number of fused-ring (bicyclic) bond motifs is 5. The molecule has 4 heterocycles. The molecule has 2 aromatic rings. The zero-order chi connectivity index (χ0) is 26.8. The number of benzene rings is 2. The smallest absolute Gasteiger partial charge is 0.211 e. The summed E-state index contributed by atoms with van der Waals surface area (Å²) in [5, 5.41) is 4.80. The third-order valence-electron chi connectivity index (χ3n) is 8.19. The van der Waals surface area contributed by atoms with E-state index in [2.05, 4.69) is 57.9 Å². The molecule has 1 atom stereocenters. The highest BCUT2D eigenvalue weighted by atomic mass is 32.2. The van der Waals surface area contributed by atoms with Crippen LogP contribution >= 0.6 is 0 Å². The molecule has 38 heavy (non-hydrogen) atoms. The molecule has 0 spiro atoms. The molecule has 9 nitrogen and oxygen atoms in total. The van der Waals surface area contributed by atoms with Crippen LogP contribution in [0, 0.1) is 0 Å². The zero-order valence-electron chi connectivity index (χ0n) is 22.4. The molecule has 0 aromatic heterocycles. The number of rotatable bonds is 4. The maximum Gasteiger partial charge on any atom is 0.211 e. The van der Waals surface area contributed by atoms with Crippen LogP contribution in [-0.2, 0) is 10.0 Å². The van der Waals surface area contributed by atoms with Crippen LogP contribution in [0.15, 0.2) is 54.1 Å². The molecule has 2 aromatic carbocycles. The van der Waals surface area contributed by atoms with Crippen LogP contribution < -0.4 is 14.5 Å². The van der Waals surface area contributed by atoms with Crippen molar-refractivity contribution in [3.63, 3.8) is 0 Å². The predicted octanol–water partition coefficient (Wildman–Crippen LogP) is 3.08. The number of carbonyl (C=O) groups excluding carboxylic acids is 1. The Morgan fingerprint density at radius 1 is 0.947 bits per heavy atom. The highest BCUT2D eigenvalue weighted by molar-refractivity contribution is 7.88. The van der Waals surface area contributed by atoms with Gasteiger partial charge in [0.25, 0.3) is 0 Å². The number of hydrogen-bond donors (Lipinski definition) is 0. The van der Waals surface area contributed by atoms with E-state index in [1.165, 1.54) is 11.8 Å². The molecule has 202 valence electrons. The Labute approximate surface area is 224 Å². The molecular formula is C28H35N5O4S. The van der Waals surface area contributed by atoms with Gasteiger partial charge in [0.05, 0.1) is 25.6 Å². The van der Waals surface area contributed by atoms with Gasteiger partial charge < -0.3 is 14.5 Å². The number of anilines is 2. The minimum atomic E-state index is -3.17. The van der Waals surface area contributed by atoms with Crippen molar-refractivity contribution in [2.45, 2.75) is 32.4 Å². The molecule has 0 radical (unpaired) electrons. The second kappa shape index (κ2) is 9.08. The highest BCUT2D eigenvalue weighted by Crippen LogP contribution is 2.50. The average molecular weight is 538 g/mol. The number of piperazine rings is 1. The number of ether oxygens (including phenoxy) is 1. The molecule has 0 aliphatic carbocycles. The van der Waals surface area contributed by atoms with Crippen molar-refractivity contribution in [3.8, 4) is 5.75 Å². The zero-order valence-corrected chi connectivity index (χ0v) is 23.2. The number of ketones is 1. The highest BCUT2D eigenvalue weighted by Gasteiger charge is 2.47. The number of hydrazine groups is 1. The van der Waals surface area contributed by atoms with E-state index in [1.807, 2.05) is 24.3 Å². The fraction of sp³-hybridized carbons (Fsp3) is 0.464. The van der Waals surface area contributed by atoms with Gasteiger partial charge in [0.1, 0.15) is 11.4 Å². The topological polar surface area (TPSA) is 76.6 Å². The Bertz CT molecular complexity index is 1400. The van der Waals surface area contributed by atoms with Crippen LogP contribution in [0.1, 0.15) is 42.7 Å². The second-order valence-electron chi connectivity index (χ2n) is 11.1. The molecule has 4 aliphatic heterocycles. The van der Waals surface area contributed by atoms with E-state index in [4.69, 9.17) is 4.74 Å². The average Bonchev–Trinajstić information content (AvgIpc) is 3.32. The van der Waals surface area contributed by atoms with Crippen molar-refractivity contribution in [1.29, 1.82) is 0 Å². The van der Waals surface area contributed by atoms with Crippen molar-refractivity contribution in [1.82, 2.24) is 14.3 Å². The van der Waals surface area contributed by atoms with Gasteiger partial charge >= 0.3 is 0 Å². The van der Waals surface area contributed by atoms with Crippen molar-refractivity contribution in [2.24, 2.45) is 0 Å². The minimum Gasteiger partial charge on any atom is -0.483 e. The van der Waals surface area contributed by atoms with Gasteiger partial charge in [0.2, 0.25) is 10.0 Å². The van der Waals surface area contributed by atoms with Gasteiger partial charge in [-0.15, -0.1) is 0 Å². The molecule has 4 aliphatic rings. The summed E-state index contributed by atoms with van der Waals surface area (Å²) in [5.74, 6) is 0.956. The molecule has 2 saturated heterocycles. The van der Waals surface area contributed by atoms with Crippen LogP contribution in [0.2, 0.25) is 0 Å². The van der Waals surface area contributed by atoms with Crippen LogP contribution in [-0.4, -0.2) is 86.4 Å². The van der Waals surface area contributed by atoms with Gasteiger partial charge in [0.15, 0.2) is 5.78 Å². The van der Waals surface area contributed by atoms with Crippen LogP contribution in [0.25, 0.3) is 0 Å². The van der Waals surface area contributed by atoms with Crippen molar-refractivity contribution >= 4 is 27.2 Å². The lowest BCUT2D eigenvalue weighted by molar-refractivity contribution is -0.0296. The van der Waals surface area contributed by atoms with Crippen molar-refractivity contribution in [3.05, 3.63) is 65.2 Å². The van der Waals surface area contributed by atoms with E-state index in [0.717, 1.165) is 48.1 Å². The lowest BCUT2D eigenvalue weighted by Gasteiger charge is -2.48. The van der Waals surface area contributed by atoms with E-state index in [9.17, 15) is 13.2 Å². The largest absolute Gasteiger partial charge is 0.483 e. The quantitative estimate of drug-likeness (QED) is 0.435. The first-order chi connectivity index (χ1) is 18.0. The summed E-state index contributed by atoms with van der Waals surface area (Å²) in [6.45, 7) is 10.5. The summed E-state index contributed by atoms with van der Waals surface area (Å²) in [7, 11) is -3.17. The molecular weight excluding hydrogens is 502 g/mol. The van der Waals surface area contributed by atoms with Crippen LogP contribution in [0.4, 0.5) is 11.4 Å². The maximum atomic E-state index is 11.9. The molecule has 2 fully saturated rings. The van der Waals surface area contributed by atoms with Crippen LogP contribution in [0.3, 0.4) is 0 Å². The van der Waals surface area contributed by atoms with Gasteiger partial charge in [-0.05, 0) is 56.7 Å². The van der Waals surface area contributed by atoms with Gasteiger partial charge in [-0.2, -0.15) is 4.31 Å². The fourth-order valence-corrected chi connectivity index (χ4v) is 6.92. The van der Waals surface area contributed by atoms with E-state index >= 15 is 0 Å². The Balaban J connectivity index is 1.27. The monoisotopic (exact) mass is 537 g/mol. The number of Topliss-reactive ketones (excluding diaryl/α,β-unsaturated/α-hetero) is 1. The second-order valence-corrected chi connectivity index (χ2v) is 13.1. The lowest BCUT2D eigenvalue weighted by Crippen LogP contribution is -2.51. The summed E-state index contributed by atoms with van der Waals surface area (Å²) in [4.78, 5) is 16.3. The Hall–Kier alpha value is -2.92. The number of sulfonamides is 1. The predicted molar refractivity (Wildman–Crippen MR) is 148 cm³/mol. The maximum absolute atomic E-state index is 11.9. The molecule has 6 rings (SSSR count). The van der Waals surface area contributed by atoms with Gasteiger partial charge in [-0.3, -0.25) is 4.79 Å². The van der Waals surface area contributed by atoms with E-state index in [-0.39, 0.29) is 11.8 Å². The summed E-state index contributed by atoms with van der Waals surface area (Å²) in [6, 6.07) is 14.4. The molecule has 0 bridgehead atoms. The Morgan fingerprint density at radius 2 is 1.63 bits per heavy atom. The standard InChI is InChI=1S/C28H35N5O4S/c1-20(34)21-5-7-22(8-6-21)30-18-31-12-11-25-27(33(31)19-30)24-10-9-23(17-26(24)37-28(25,2)3)29-13-15-32(16-14-29)38(4,35)36/h5-11,17,27H,12-16,18-19H2,1-4H3. The summed E-state index contributed by atoms with van der Waals surface area (Å²) >= 11 is 0. The SMILES string of the molecule is CC(=O)c1ccc(N2CN3CC=C4C(c5ccc(N6CCN(S(C)(=O)=O)CC6)cc5OC4(C)C)N3C2)cc1. The molecule has 0 saturated carbocycles. The van der Waals surface area contributed by atoms with E-state index < -0.39 is 15.6 Å². The molecule has 0 N–H and O–H groups in total. The fourth-order valence-electron chi connectivity index (χ4n) is 6.09. The minimum absolute atomic E-state index is 0.0696. The first-order valence-electron chi connectivity index (χ1n) is 13.1. The van der Waals surface area contributed by atoms with Gasteiger partial charge in [-0.25, -0.2) is 18.4 Å². The first-order valence-corrected chi connectivity index (χ1v) is 15.0. The van der Waals surface area contributed by atoms with E-state index in [0.29, 0.717) is 26.2 Å². The molecule has 10 heteroatoms. The molecule has 0 amide bonds. The normalized spacial score (nSPS) is 23.8. The van der Waals surface area contributed by atoms with Crippen molar-refractivity contribution < 1.29 is 17.9 Å². The third-order valence-corrected chi connectivity index (χ3v) is 9.49. The Morgan fingerprint density at radius 3 is 2.29 bits per heavy atom.